The number of anilines is 6. The molecular formula is C112H78N6. The lowest BCUT2D eigenvalue weighted by atomic mass is 9.99. The number of fused-ring (bicyclic) bond motifs is 13. The molecule has 0 aliphatic carbocycles. The fourth-order valence-electron chi connectivity index (χ4n) is 17.2. The van der Waals surface area contributed by atoms with Gasteiger partial charge in [0.25, 0.3) is 0 Å². The average molecular weight is 1510 g/mol. The van der Waals surface area contributed by atoms with Crippen LogP contribution in [0.1, 0.15) is 0 Å². The second-order valence-electron chi connectivity index (χ2n) is 30.3. The quantitative estimate of drug-likeness (QED) is 0.108. The van der Waals surface area contributed by atoms with E-state index in [4.69, 9.17) is 0 Å². The zero-order chi connectivity index (χ0) is 78.2. The van der Waals surface area contributed by atoms with Crippen molar-refractivity contribution in [3.63, 3.8) is 0 Å². The third kappa shape index (κ3) is 13.7. The summed E-state index contributed by atoms with van der Waals surface area (Å²) in [5.41, 5.74) is 26.9. The molecule has 0 bridgehead atoms. The van der Waals surface area contributed by atoms with E-state index in [2.05, 4.69) is 479 Å². The van der Waals surface area contributed by atoms with E-state index >= 15 is 0 Å². The molecule has 0 saturated carbocycles. The fourth-order valence-corrected chi connectivity index (χ4v) is 17.2. The maximum absolute atomic E-state index is 3.66. The Morgan fingerprint density at radius 2 is 0.339 bits per heavy atom. The minimum Gasteiger partial charge on any atom is -0.356 e. The molecule has 23 aromatic rings. The van der Waals surface area contributed by atoms with Crippen molar-refractivity contribution >= 4 is 143 Å². The third-order valence-electron chi connectivity index (χ3n) is 23.0. The molecule has 3 aromatic heterocycles. The smallest absolute Gasteiger partial charge is 0.0542 e. The first kappa shape index (κ1) is 70.1. The molecule has 0 spiro atoms. The molecule has 23 rings (SSSR count). The predicted octanol–water partition coefficient (Wildman–Crippen LogP) is 30.9. The molecule has 0 fully saturated rings. The molecule has 118 heavy (non-hydrogen) atoms. The number of nitrogens with zero attached hydrogens (tertiary/aromatic N) is 3. The second-order valence-corrected chi connectivity index (χ2v) is 30.3. The van der Waals surface area contributed by atoms with Gasteiger partial charge in [-0.15, -0.1) is 0 Å². The van der Waals surface area contributed by atoms with Crippen molar-refractivity contribution < 1.29 is 0 Å². The minimum absolute atomic E-state index is 1.07. The third-order valence-corrected chi connectivity index (χ3v) is 23.0. The van der Waals surface area contributed by atoms with Crippen LogP contribution in [0.3, 0.4) is 0 Å². The zero-order valence-corrected chi connectivity index (χ0v) is 64.6. The standard InChI is InChI=1S/C40H28N2.C38H26N2.C34H24N2/c1-3-9-28(10-4-1)30-17-20-34(21-18-30)41-35-22-24-40-38(27-35)37-26-33(32-16-15-29-11-7-8-12-31(29)25-32)19-23-39(37)42(40)36-13-5-2-6-14-36;1-2-12-34(13-3-1)40-37-20-17-31(30-15-14-26-8-4-6-10-28(26)22-30)24-35(37)36-25-33(19-21-38(36)40)39-32-18-16-27-9-5-7-11-29(27)23-32;1-3-11-28(12-4-1)35-29-18-20-34-32(23-29)31-22-27(26-16-15-24-9-7-8-10-25(24)21-26)17-19-33(31)36(34)30-13-5-2-6-14-30/h1-27,41H;1-25,39H;1-23,35H. The van der Waals surface area contributed by atoms with Crippen LogP contribution < -0.4 is 16.0 Å². The molecule has 0 saturated heterocycles. The highest BCUT2D eigenvalue weighted by atomic mass is 15.0. The Hall–Kier alpha value is -15.8. The first-order valence-corrected chi connectivity index (χ1v) is 40.3. The predicted molar refractivity (Wildman–Crippen MR) is 503 cm³/mol. The number of hydrogen-bond acceptors (Lipinski definition) is 3. The Morgan fingerprint density at radius 1 is 0.127 bits per heavy atom. The summed E-state index contributed by atoms with van der Waals surface area (Å²) in [6, 6.07) is 163. The fraction of sp³-hybridized carbons (Fsp3) is 0. The maximum atomic E-state index is 3.66. The first-order chi connectivity index (χ1) is 58.4. The van der Waals surface area contributed by atoms with Crippen LogP contribution in [-0.2, 0) is 0 Å². The van der Waals surface area contributed by atoms with E-state index in [0.29, 0.717) is 0 Å². The number of aromatic nitrogens is 3. The van der Waals surface area contributed by atoms with E-state index in [0.717, 1.165) is 45.5 Å². The molecule has 0 amide bonds. The van der Waals surface area contributed by atoms with Gasteiger partial charge in [-0.2, -0.15) is 0 Å². The SMILES string of the molecule is c1ccc(-c2ccc(Nc3ccc4c(c3)c3cc(-c5ccc6ccccc6c5)ccc3n4-c3ccccc3)cc2)cc1.c1ccc(-n2c3ccc(Nc4ccc5ccccc5c4)cc3c3cc(-c4ccc5ccccc5c4)ccc32)cc1.c1ccc(Nc2ccc3c(c2)c2cc(-c4ccc5ccccc5c4)ccc2n3-c2ccccc2)cc1. The van der Waals surface area contributed by atoms with Crippen LogP contribution in [0.15, 0.2) is 455 Å². The highest BCUT2D eigenvalue weighted by Crippen LogP contribution is 2.43. The number of rotatable bonds is 13. The van der Waals surface area contributed by atoms with E-state index in [-0.39, 0.29) is 0 Å². The van der Waals surface area contributed by atoms with E-state index < -0.39 is 0 Å². The average Bonchev–Trinajstić information content (AvgIpc) is 1.60. The molecule has 6 nitrogen and oxygen atoms in total. The molecular weight excluding hydrogens is 1430 g/mol. The van der Waals surface area contributed by atoms with Crippen molar-refractivity contribution in [2.45, 2.75) is 0 Å². The van der Waals surface area contributed by atoms with Crippen LogP contribution in [0.2, 0.25) is 0 Å². The van der Waals surface area contributed by atoms with Crippen LogP contribution in [0.5, 0.6) is 0 Å². The monoisotopic (exact) mass is 1510 g/mol. The summed E-state index contributed by atoms with van der Waals surface area (Å²) in [6.45, 7) is 0. The molecule has 0 radical (unpaired) electrons. The topological polar surface area (TPSA) is 50.9 Å². The summed E-state index contributed by atoms with van der Waals surface area (Å²) in [6.07, 6.45) is 0. The van der Waals surface area contributed by atoms with E-state index in [1.54, 1.807) is 0 Å². The Kier molecular flexibility index (Phi) is 18.2. The van der Waals surface area contributed by atoms with Crippen LogP contribution in [0, 0.1) is 0 Å². The normalized spacial score (nSPS) is 11.4. The van der Waals surface area contributed by atoms with Gasteiger partial charge in [0, 0.05) is 83.5 Å². The molecule has 6 heteroatoms. The van der Waals surface area contributed by atoms with Crippen LogP contribution in [-0.4, -0.2) is 13.7 Å². The summed E-state index contributed by atoms with van der Waals surface area (Å²) >= 11 is 0. The van der Waals surface area contributed by atoms with E-state index in [1.807, 2.05) is 6.07 Å². The van der Waals surface area contributed by atoms with Crippen molar-refractivity contribution in [2.24, 2.45) is 0 Å². The Labute approximate surface area is 684 Å². The number of benzene rings is 20. The molecule has 0 unspecified atom stereocenters. The van der Waals surface area contributed by atoms with Gasteiger partial charge in [0.05, 0.1) is 33.1 Å². The number of nitrogens with one attached hydrogen (secondary N) is 3. The van der Waals surface area contributed by atoms with Gasteiger partial charge in [0.15, 0.2) is 0 Å². The van der Waals surface area contributed by atoms with Crippen molar-refractivity contribution in [1.82, 2.24) is 13.7 Å². The Morgan fingerprint density at radius 3 is 0.695 bits per heavy atom. The first-order valence-electron chi connectivity index (χ1n) is 40.3. The van der Waals surface area contributed by atoms with Gasteiger partial charge in [0.2, 0.25) is 0 Å². The van der Waals surface area contributed by atoms with Gasteiger partial charge < -0.3 is 29.7 Å². The lowest BCUT2D eigenvalue weighted by Gasteiger charge is -2.10. The molecule has 556 valence electrons. The molecule has 0 aliphatic heterocycles. The lowest BCUT2D eigenvalue weighted by molar-refractivity contribution is 1.18. The van der Waals surface area contributed by atoms with Gasteiger partial charge in [-0.3, -0.25) is 0 Å². The van der Waals surface area contributed by atoms with Crippen molar-refractivity contribution in [3.05, 3.63) is 455 Å². The Balaban J connectivity index is 0.000000110. The van der Waals surface area contributed by atoms with E-state index in [1.165, 1.54) is 159 Å². The number of hydrogen-bond donors (Lipinski definition) is 3. The summed E-state index contributed by atoms with van der Waals surface area (Å²) in [5, 5.41) is 28.3. The second kappa shape index (κ2) is 30.6. The highest BCUT2D eigenvalue weighted by molar-refractivity contribution is 6.15. The number of para-hydroxylation sites is 4. The lowest BCUT2D eigenvalue weighted by Crippen LogP contribution is -1.94. The maximum Gasteiger partial charge on any atom is 0.0542 e. The minimum atomic E-state index is 1.07. The van der Waals surface area contributed by atoms with Gasteiger partial charge >= 0.3 is 0 Å². The summed E-state index contributed by atoms with van der Waals surface area (Å²) in [7, 11) is 0. The summed E-state index contributed by atoms with van der Waals surface area (Å²) in [4.78, 5) is 0. The van der Waals surface area contributed by atoms with Gasteiger partial charge in [0.1, 0.15) is 0 Å². The highest BCUT2D eigenvalue weighted by Gasteiger charge is 2.20. The van der Waals surface area contributed by atoms with Crippen LogP contribution in [0.4, 0.5) is 34.1 Å². The van der Waals surface area contributed by atoms with Crippen molar-refractivity contribution in [1.29, 1.82) is 0 Å². The van der Waals surface area contributed by atoms with Crippen LogP contribution >= 0.6 is 0 Å². The molecule has 3 N–H and O–H groups in total. The Bertz CT molecular complexity index is 7680. The molecule has 0 atom stereocenters. The van der Waals surface area contributed by atoms with Gasteiger partial charge in [-0.25, -0.2) is 0 Å². The van der Waals surface area contributed by atoms with Crippen molar-refractivity contribution in [3.8, 4) is 61.6 Å². The molecule has 0 aliphatic rings. The zero-order valence-electron chi connectivity index (χ0n) is 64.6. The summed E-state index contributed by atoms with van der Waals surface area (Å²) < 4.78 is 7.10. The van der Waals surface area contributed by atoms with Crippen molar-refractivity contribution in [2.75, 3.05) is 16.0 Å². The molecule has 3 heterocycles. The van der Waals surface area contributed by atoms with Gasteiger partial charge in [-0.1, -0.05) is 273 Å². The summed E-state index contributed by atoms with van der Waals surface area (Å²) in [5.74, 6) is 0. The van der Waals surface area contributed by atoms with E-state index in [9.17, 15) is 0 Å². The largest absolute Gasteiger partial charge is 0.356 e. The molecule has 20 aromatic carbocycles. The van der Waals surface area contributed by atoms with Crippen LogP contribution in [0.25, 0.3) is 170 Å². The van der Waals surface area contributed by atoms with Gasteiger partial charge in [-0.05, 0) is 270 Å².